The molecule has 0 saturated carbocycles. The molecular formula is C16H13FN2S3. The van der Waals surface area contributed by atoms with Gasteiger partial charge in [0.05, 0.1) is 5.69 Å². The van der Waals surface area contributed by atoms with E-state index in [0.717, 1.165) is 15.6 Å². The van der Waals surface area contributed by atoms with E-state index in [0.29, 0.717) is 15.3 Å². The molecule has 0 radical (unpaired) electrons. The normalized spacial score (nSPS) is 10.8. The summed E-state index contributed by atoms with van der Waals surface area (Å²) in [4.78, 5) is 0. The quantitative estimate of drug-likeness (QED) is 0.464. The highest BCUT2D eigenvalue weighted by Gasteiger charge is 2.09. The van der Waals surface area contributed by atoms with E-state index in [1.54, 1.807) is 16.8 Å². The summed E-state index contributed by atoms with van der Waals surface area (Å²) >= 11 is 8.36. The first-order chi connectivity index (χ1) is 10.6. The van der Waals surface area contributed by atoms with Crippen molar-refractivity contribution in [1.29, 1.82) is 0 Å². The van der Waals surface area contributed by atoms with Gasteiger partial charge in [-0.1, -0.05) is 59.5 Å². The van der Waals surface area contributed by atoms with Crippen LogP contribution in [-0.2, 0) is 5.75 Å². The maximum atomic E-state index is 13.6. The summed E-state index contributed by atoms with van der Waals surface area (Å²) in [6.45, 7) is 2.03. The molecule has 3 rings (SSSR count). The predicted octanol–water partition coefficient (Wildman–Crippen LogP) is 5.40. The van der Waals surface area contributed by atoms with Gasteiger partial charge in [0.15, 0.2) is 8.29 Å². The van der Waals surface area contributed by atoms with Crippen LogP contribution in [0, 0.1) is 16.7 Å². The number of halogens is 1. The molecule has 0 fully saturated rings. The Kier molecular flexibility index (Phi) is 4.71. The predicted molar refractivity (Wildman–Crippen MR) is 93.0 cm³/mol. The van der Waals surface area contributed by atoms with Crippen molar-refractivity contribution in [3.8, 4) is 5.69 Å². The molecule has 2 aromatic carbocycles. The Morgan fingerprint density at radius 1 is 1.18 bits per heavy atom. The molecule has 3 aromatic rings. The van der Waals surface area contributed by atoms with Crippen LogP contribution in [-0.4, -0.2) is 9.78 Å². The Bertz CT molecular complexity index is 854. The zero-order chi connectivity index (χ0) is 15.5. The molecule has 2 nitrogen and oxygen atoms in total. The zero-order valence-electron chi connectivity index (χ0n) is 11.8. The van der Waals surface area contributed by atoms with E-state index in [-0.39, 0.29) is 5.82 Å². The molecule has 1 aromatic heterocycles. The number of aryl methyl sites for hydroxylation is 1. The minimum absolute atomic E-state index is 0.183. The Morgan fingerprint density at radius 2 is 1.91 bits per heavy atom. The third kappa shape index (κ3) is 3.29. The Balaban J connectivity index is 1.83. The van der Waals surface area contributed by atoms with Gasteiger partial charge in [-0.15, -0.1) is 5.10 Å². The third-order valence-corrected chi connectivity index (χ3v) is 5.60. The summed E-state index contributed by atoms with van der Waals surface area (Å²) in [5.41, 5.74) is 2.78. The number of benzene rings is 2. The molecule has 0 N–H and O–H groups in total. The number of aromatic nitrogens is 2. The van der Waals surface area contributed by atoms with Crippen LogP contribution in [0.5, 0.6) is 0 Å². The first kappa shape index (κ1) is 15.4. The van der Waals surface area contributed by atoms with Crippen molar-refractivity contribution >= 4 is 35.3 Å². The number of hydrogen-bond donors (Lipinski definition) is 0. The molecule has 0 saturated heterocycles. The van der Waals surface area contributed by atoms with Gasteiger partial charge in [0, 0.05) is 5.75 Å². The van der Waals surface area contributed by atoms with Crippen LogP contribution in [0.1, 0.15) is 11.1 Å². The van der Waals surface area contributed by atoms with E-state index in [4.69, 9.17) is 12.2 Å². The number of nitrogens with zero attached hydrogens (tertiary/aromatic N) is 2. The lowest BCUT2D eigenvalue weighted by molar-refractivity contribution is 0.617. The smallest absolute Gasteiger partial charge is 0.184 e. The van der Waals surface area contributed by atoms with Crippen molar-refractivity contribution in [1.82, 2.24) is 9.78 Å². The minimum Gasteiger partial charge on any atom is -0.211 e. The van der Waals surface area contributed by atoms with Crippen LogP contribution < -0.4 is 0 Å². The lowest BCUT2D eigenvalue weighted by atomic mass is 10.2. The monoisotopic (exact) mass is 348 g/mol. The van der Waals surface area contributed by atoms with Crippen LogP contribution in [0.3, 0.4) is 0 Å². The van der Waals surface area contributed by atoms with Crippen LogP contribution in [0.2, 0.25) is 0 Å². The lowest BCUT2D eigenvalue weighted by Gasteiger charge is -2.04. The highest BCUT2D eigenvalue weighted by atomic mass is 32.2. The summed E-state index contributed by atoms with van der Waals surface area (Å²) in [6, 6.07) is 14.8. The molecule has 0 aliphatic rings. The highest BCUT2D eigenvalue weighted by molar-refractivity contribution is 8.00. The van der Waals surface area contributed by atoms with Crippen LogP contribution in [0.15, 0.2) is 52.9 Å². The SMILES string of the molecule is Cc1ccccc1-n1nc(SCc2ccccc2F)sc1=S. The van der Waals surface area contributed by atoms with E-state index < -0.39 is 0 Å². The molecule has 22 heavy (non-hydrogen) atoms. The standard InChI is InChI=1S/C16H13FN2S3/c1-11-6-2-5-9-14(11)19-16(20)22-15(18-19)21-10-12-7-3-4-8-13(12)17/h2-9H,10H2,1H3. The van der Waals surface area contributed by atoms with Gasteiger partial charge in [0.2, 0.25) is 0 Å². The highest BCUT2D eigenvalue weighted by Crippen LogP contribution is 2.28. The van der Waals surface area contributed by atoms with Crippen LogP contribution in [0.4, 0.5) is 4.39 Å². The van der Waals surface area contributed by atoms with Crippen LogP contribution >= 0.6 is 35.3 Å². The molecule has 0 aliphatic carbocycles. The summed E-state index contributed by atoms with van der Waals surface area (Å²) in [5.74, 6) is 0.361. The van der Waals surface area contributed by atoms with Crippen molar-refractivity contribution in [2.45, 2.75) is 17.0 Å². The first-order valence-corrected chi connectivity index (χ1v) is 8.88. The summed E-state index contributed by atoms with van der Waals surface area (Å²) in [6.07, 6.45) is 0. The van der Waals surface area contributed by atoms with Gasteiger partial charge in [0.1, 0.15) is 5.82 Å². The van der Waals surface area contributed by atoms with Crippen molar-refractivity contribution in [3.05, 3.63) is 69.4 Å². The Morgan fingerprint density at radius 3 is 2.68 bits per heavy atom. The van der Waals surface area contributed by atoms with E-state index in [9.17, 15) is 4.39 Å². The second-order valence-corrected chi connectivity index (χ2v) is 7.56. The molecule has 0 aliphatic heterocycles. The average molecular weight is 348 g/mol. The number of thioether (sulfide) groups is 1. The first-order valence-electron chi connectivity index (χ1n) is 6.67. The van der Waals surface area contributed by atoms with Gasteiger partial charge in [-0.05, 0) is 42.4 Å². The van der Waals surface area contributed by atoms with Gasteiger partial charge in [-0.25, -0.2) is 9.07 Å². The zero-order valence-corrected chi connectivity index (χ0v) is 14.3. The van der Waals surface area contributed by atoms with E-state index in [1.807, 2.05) is 37.3 Å². The second-order valence-electron chi connectivity index (χ2n) is 4.71. The molecule has 0 amide bonds. The molecular weight excluding hydrogens is 335 g/mol. The summed E-state index contributed by atoms with van der Waals surface area (Å²) < 4.78 is 17.0. The topological polar surface area (TPSA) is 17.8 Å². The molecule has 1 heterocycles. The fourth-order valence-electron chi connectivity index (χ4n) is 2.03. The molecule has 0 unspecified atom stereocenters. The van der Waals surface area contributed by atoms with Crippen molar-refractivity contribution in [2.24, 2.45) is 0 Å². The maximum absolute atomic E-state index is 13.6. The molecule has 0 atom stereocenters. The molecule has 6 heteroatoms. The third-order valence-electron chi connectivity index (χ3n) is 3.18. The fraction of sp³-hybridized carbons (Fsp3) is 0.125. The maximum Gasteiger partial charge on any atom is 0.184 e. The van der Waals surface area contributed by atoms with E-state index in [1.165, 1.54) is 29.2 Å². The van der Waals surface area contributed by atoms with Crippen molar-refractivity contribution in [3.63, 3.8) is 0 Å². The van der Waals surface area contributed by atoms with E-state index in [2.05, 4.69) is 5.10 Å². The number of para-hydroxylation sites is 1. The van der Waals surface area contributed by atoms with Gasteiger partial charge in [0.25, 0.3) is 0 Å². The summed E-state index contributed by atoms with van der Waals surface area (Å²) in [5, 5.41) is 4.56. The van der Waals surface area contributed by atoms with Crippen molar-refractivity contribution in [2.75, 3.05) is 0 Å². The van der Waals surface area contributed by atoms with E-state index >= 15 is 0 Å². The fourth-order valence-corrected chi connectivity index (χ4v) is 4.36. The lowest BCUT2D eigenvalue weighted by Crippen LogP contribution is -1.98. The molecule has 112 valence electrons. The van der Waals surface area contributed by atoms with Gasteiger partial charge < -0.3 is 0 Å². The van der Waals surface area contributed by atoms with Gasteiger partial charge in [-0.3, -0.25) is 0 Å². The van der Waals surface area contributed by atoms with Gasteiger partial charge in [-0.2, -0.15) is 0 Å². The number of rotatable bonds is 4. The Labute approximate surface area is 141 Å². The number of hydrogen-bond acceptors (Lipinski definition) is 4. The molecule has 0 bridgehead atoms. The largest absolute Gasteiger partial charge is 0.211 e. The minimum atomic E-state index is -0.183. The second kappa shape index (κ2) is 6.73. The Hall–Kier alpha value is -1.50. The molecule has 0 spiro atoms. The van der Waals surface area contributed by atoms with Gasteiger partial charge >= 0.3 is 0 Å². The summed E-state index contributed by atoms with van der Waals surface area (Å²) in [7, 11) is 0. The van der Waals surface area contributed by atoms with Crippen molar-refractivity contribution < 1.29 is 4.39 Å². The van der Waals surface area contributed by atoms with Crippen LogP contribution in [0.25, 0.3) is 5.69 Å². The average Bonchev–Trinajstić information content (AvgIpc) is 2.88.